The maximum atomic E-state index is 12.5. The van der Waals surface area contributed by atoms with Gasteiger partial charge in [-0.05, 0) is 6.92 Å². The Kier molecular flexibility index (Phi) is 3.54. The van der Waals surface area contributed by atoms with Crippen molar-refractivity contribution in [3.05, 3.63) is 23.5 Å². The van der Waals surface area contributed by atoms with Crippen molar-refractivity contribution in [1.82, 2.24) is 25.0 Å². The van der Waals surface area contributed by atoms with Gasteiger partial charge in [-0.3, -0.25) is 9.48 Å². The summed E-state index contributed by atoms with van der Waals surface area (Å²) in [5.74, 6) is 0.0189. The van der Waals surface area contributed by atoms with Crippen molar-refractivity contribution >= 4 is 17.2 Å². The highest BCUT2D eigenvalue weighted by atomic mass is 32.1. The van der Waals surface area contributed by atoms with E-state index in [1.807, 2.05) is 23.5 Å². The van der Waals surface area contributed by atoms with Gasteiger partial charge in [0.25, 0.3) is 5.91 Å². The van der Waals surface area contributed by atoms with E-state index in [-0.39, 0.29) is 11.9 Å². The molecule has 3 rings (SSSR count). The van der Waals surface area contributed by atoms with Crippen molar-refractivity contribution in [3.8, 4) is 10.6 Å². The summed E-state index contributed by atoms with van der Waals surface area (Å²) in [6, 6.07) is 0.208. The fourth-order valence-corrected chi connectivity index (χ4v) is 3.10. The van der Waals surface area contributed by atoms with Crippen LogP contribution in [0.2, 0.25) is 0 Å². The zero-order valence-corrected chi connectivity index (χ0v) is 12.4. The van der Waals surface area contributed by atoms with Crippen LogP contribution in [0.15, 0.2) is 17.8 Å². The van der Waals surface area contributed by atoms with Crippen molar-refractivity contribution in [2.75, 3.05) is 19.6 Å². The highest BCUT2D eigenvalue weighted by Crippen LogP contribution is 2.24. The van der Waals surface area contributed by atoms with Gasteiger partial charge in [0.1, 0.15) is 10.7 Å². The average molecular weight is 291 g/mol. The molecule has 0 saturated carbocycles. The molecule has 7 heteroatoms. The number of amides is 1. The Morgan fingerprint density at radius 1 is 1.55 bits per heavy atom. The number of nitrogens with zero attached hydrogens (tertiary/aromatic N) is 4. The fraction of sp³-hybridized carbons (Fsp3) is 0.462. The third-order valence-electron chi connectivity index (χ3n) is 3.44. The number of hydrogen-bond acceptors (Lipinski definition) is 5. The van der Waals surface area contributed by atoms with Crippen LogP contribution in [0.4, 0.5) is 0 Å². The van der Waals surface area contributed by atoms with E-state index in [1.165, 1.54) is 11.3 Å². The number of aromatic nitrogens is 3. The molecule has 2 aromatic heterocycles. The van der Waals surface area contributed by atoms with E-state index in [0.717, 1.165) is 30.2 Å². The van der Waals surface area contributed by atoms with Crippen LogP contribution in [0.25, 0.3) is 10.6 Å². The summed E-state index contributed by atoms with van der Waals surface area (Å²) in [6.45, 7) is 4.47. The molecular formula is C13H17N5OS. The number of thiazole rings is 1. The number of aryl methyl sites for hydroxylation is 1. The number of nitrogens with one attached hydrogen (secondary N) is 1. The summed E-state index contributed by atoms with van der Waals surface area (Å²) in [5, 5.41) is 10.1. The van der Waals surface area contributed by atoms with Crippen molar-refractivity contribution in [2.45, 2.75) is 13.0 Å². The molecule has 1 atom stereocenters. The molecule has 1 fully saturated rings. The monoisotopic (exact) mass is 291 g/mol. The molecule has 0 unspecified atom stereocenters. The van der Waals surface area contributed by atoms with Gasteiger partial charge in [0.05, 0.1) is 6.20 Å². The van der Waals surface area contributed by atoms with Gasteiger partial charge in [-0.2, -0.15) is 5.10 Å². The van der Waals surface area contributed by atoms with E-state index in [0.29, 0.717) is 5.69 Å². The summed E-state index contributed by atoms with van der Waals surface area (Å²) < 4.78 is 1.73. The summed E-state index contributed by atoms with van der Waals surface area (Å²) in [7, 11) is 1.87. The minimum Gasteiger partial charge on any atom is -0.332 e. The lowest BCUT2D eigenvalue weighted by atomic mass is 10.2. The smallest absolute Gasteiger partial charge is 0.273 e. The second-order valence-corrected chi connectivity index (χ2v) is 5.85. The summed E-state index contributed by atoms with van der Waals surface area (Å²) in [5.41, 5.74) is 1.48. The Morgan fingerprint density at radius 2 is 2.40 bits per heavy atom. The van der Waals surface area contributed by atoms with E-state index in [2.05, 4.69) is 22.3 Å². The quantitative estimate of drug-likeness (QED) is 0.896. The van der Waals surface area contributed by atoms with Crippen molar-refractivity contribution in [1.29, 1.82) is 0 Å². The molecule has 2 aromatic rings. The zero-order valence-electron chi connectivity index (χ0n) is 11.5. The van der Waals surface area contributed by atoms with Gasteiger partial charge in [-0.25, -0.2) is 4.98 Å². The van der Waals surface area contributed by atoms with Crippen LogP contribution in [0.1, 0.15) is 17.4 Å². The highest BCUT2D eigenvalue weighted by Gasteiger charge is 2.25. The predicted molar refractivity (Wildman–Crippen MR) is 77.7 cm³/mol. The standard InChI is InChI=1S/C13H17N5OS/c1-9-5-14-3-4-18(9)13(19)11-8-20-12(16-11)10-6-15-17(2)7-10/h6-9,14H,3-5H2,1-2H3/t9-/m0/s1. The molecule has 1 amide bonds. The Morgan fingerprint density at radius 3 is 3.10 bits per heavy atom. The van der Waals surface area contributed by atoms with E-state index in [9.17, 15) is 4.79 Å². The number of hydrogen-bond donors (Lipinski definition) is 1. The maximum absolute atomic E-state index is 12.5. The van der Waals surface area contributed by atoms with Crippen LogP contribution in [-0.4, -0.2) is 51.2 Å². The van der Waals surface area contributed by atoms with Gasteiger partial charge in [-0.15, -0.1) is 11.3 Å². The Bertz CT molecular complexity index is 620. The highest BCUT2D eigenvalue weighted by molar-refractivity contribution is 7.13. The molecule has 3 heterocycles. The maximum Gasteiger partial charge on any atom is 0.273 e. The first kappa shape index (κ1) is 13.3. The van der Waals surface area contributed by atoms with E-state index in [4.69, 9.17) is 0 Å². The minimum atomic E-state index is 0.0189. The molecule has 106 valence electrons. The second-order valence-electron chi connectivity index (χ2n) is 4.99. The Labute approximate surface area is 121 Å². The summed E-state index contributed by atoms with van der Waals surface area (Å²) in [4.78, 5) is 18.8. The molecule has 20 heavy (non-hydrogen) atoms. The third-order valence-corrected chi connectivity index (χ3v) is 4.33. The molecule has 1 aliphatic heterocycles. The van der Waals surface area contributed by atoms with E-state index < -0.39 is 0 Å². The number of carbonyl (C=O) groups excluding carboxylic acids is 1. The minimum absolute atomic E-state index is 0.0189. The Hall–Kier alpha value is -1.73. The van der Waals surface area contributed by atoms with Crippen molar-refractivity contribution in [2.24, 2.45) is 7.05 Å². The molecule has 1 aliphatic rings. The molecule has 6 nitrogen and oxygen atoms in total. The average Bonchev–Trinajstić information content (AvgIpc) is 3.07. The van der Waals surface area contributed by atoms with Gasteiger partial charge < -0.3 is 10.2 Å². The fourth-order valence-electron chi connectivity index (χ4n) is 2.33. The lowest BCUT2D eigenvalue weighted by Gasteiger charge is -2.33. The van der Waals surface area contributed by atoms with Crippen LogP contribution >= 0.6 is 11.3 Å². The summed E-state index contributed by atoms with van der Waals surface area (Å²) in [6.07, 6.45) is 3.67. The molecule has 0 bridgehead atoms. The van der Waals surface area contributed by atoms with Gasteiger partial charge >= 0.3 is 0 Å². The molecule has 0 aromatic carbocycles. The first-order chi connectivity index (χ1) is 9.65. The van der Waals surface area contributed by atoms with Crippen LogP contribution in [0.3, 0.4) is 0 Å². The molecule has 0 spiro atoms. The third kappa shape index (κ3) is 2.46. The lowest BCUT2D eigenvalue weighted by molar-refractivity contribution is 0.0650. The first-order valence-corrected chi connectivity index (χ1v) is 7.49. The van der Waals surface area contributed by atoms with Crippen molar-refractivity contribution < 1.29 is 4.79 Å². The molecule has 0 radical (unpaired) electrons. The predicted octanol–water partition coefficient (Wildman–Crippen LogP) is 0.977. The molecular weight excluding hydrogens is 274 g/mol. The number of piperazine rings is 1. The van der Waals surface area contributed by atoms with Crippen molar-refractivity contribution in [3.63, 3.8) is 0 Å². The SMILES string of the molecule is C[C@H]1CNCCN1C(=O)c1csc(-c2cnn(C)c2)n1. The van der Waals surface area contributed by atoms with Gasteiger partial charge in [0.15, 0.2) is 0 Å². The first-order valence-electron chi connectivity index (χ1n) is 6.61. The van der Waals surface area contributed by atoms with Gasteiger partial charge in [-0.1, -0.05) is 0 Å². The van der Waals surface area contributed by atoms with E-state index >= 15 is 0 Å². The van der Waals surface area contributed by atoms with Crippen LogP contribution in [-0.2, 0) is 7.05 Å². The number of rotatable bonds is 2. The number of carbonyl (C=O) groups is 1. The van der Waals surface area contributed by atoms with E-state index in [1.54, 1.807) is 10.9 Å². The van der Waals surface area contributed by atoms with Gasteiger partial charge in [0.2, 0.25) is 0 Å². The normalized spacial score (nSPS) is 19.3. The van der Waals surface area contributed by atoms with Crippen LogP contribution < -0.4 is 5.32 Å². The molecule has 0 aliphatic carbocycles. The summed E-state index contributed by atoms with van der Waals surface area (Å²) >= 11 is 1.48. The van der Waals surface area contributed by atoms with Gasteiger partial charge in [0, 0.05) is 49.9 Å². The topological polar surface area (TPSA) is 63.1 Å². The lowest BCUT2D eigenvalue weighted by Crippen LogP contribution is -2.52. The second kappa shape index (κ2) is 5.34. The van der Waals surface area contributed by atoms with Crippen LogP contribution in [0, 0.1) is 0 Å². The largest absolute Gasteiger partial charge is 0.332 e. The van der Waals surface area contributed by atoms with Crippen LogP contribution in [0.5, 0.6) is 0 Å². The molecule has 1 N–H and O–H groups in total. The molecule has 1 saturated heterocycles. The zero-order chi connectivity index (χ0) is 14.1. The Balaban J connectivity index is 1.81.